The molecule has 1 nitrogen and oxygen atoms in total. The van der Waals surface area contributed by atoms with E-state index in [2.05, 4.69) is 31.2 Å². The van der Waals surface area contributed by atoms with Gasteiger partial charge in [-0.05, 0) is 54.7 Å². The molecule has 0 aliphatic heterocycles. The number of hydrogen-bond donors (Lipinski definition) is 0. The van der Waals surface area contributed by atoms with Crippen LogP contribution in [-0.2, 0) is 23.1 Å². The fourth-order valence-electron chi connectivity index (χ4n) is 4.78. The molecular formula is C19H22O. The van der Waals surface area contributed by atoms with Crippen molar-refractivity contribution in [2.75, 3.05) is 0 Å². The summed E-state index contributed by atoms with van der Waals surface area (Å²) < 4.78 is 0. The Bertz CT molecular complexity index is 610. The van der Waals surface area contributed by atoms with E-state index < -0.39 is 0 Å². The molecule has 104 valence electrons. The zero-order valence-electron chi connectivity index (χ0n) is 12.2. The highest BCUT2D eigenvalue weighted by atomic mass is 16.1. The minimum absolute atomic E-state index is 0.137. The van der Waals surface area contributed by atoms with Gasteiger partial charge < -0.3 is 0 Å². The lowest BCUT2D eigenvalue weighted by Crippen LogP contribution is -2.43. The number of ketones is 1. The first kappa shape index (κ1) is 12.4. The maximum Gasteiger partial charge on any atom is 0.144 e. The summed E-state index contributed by atoms with van der Waals surface area (Å²) >= 11 is 0. The summed E-state index contributed by atoms with van der Waals surface area (Å²) in [5.74, 6) is 1.08. The third kappa shape index (κ3) is 1.52. The molecular weight excluding hydrogens is 244 g/mol. The molecule has 2 atom stereocenters. The second-order valence-corrected chi connectivity index (χ2v) is 6.81. The highest BCUT2D eigenvalue weighted by Crippen LogP contribution is 2.57. The summed E-state index contributed by atoms with van der Waals surface area (Å²) in [6.45, 7) is 2.22. The number of carbonyl (C=O) groups is 1. The Balaban J connectivity index is 1.87. The van der Waals surface area contributed by atoms with Gasteiger partial charge in [-0.1, -0.05) is 43.2 Å². The van der Waals surface area contributed by atoms with Crippen molar-refractivity contribution in [2.24, 2.45) is 5.92 Å². The molecule has 0 saturated heterocycles. The van der Waals surface area contributed by atoms with Crippen LogP contribution in [0, 0.1) is 5.92 Å². The number of hydrogen-bond acceptors (Lipinski definition) is 1. The molecule has 1 saturated carbocycles. The molecule has 3 aliphatic rings. The van der Waals surface area contributed by atoms with Crippen LogP contribution in [0.1, 0.15) is 55.7 Å². The largest absolute Gasteiger partial charge is 0.299 e. The van der Waals surface area contributed by atoms with Gasteiger partial charge in [-0.15, -0.1) is 0 Å². The van der Waals surface area contributed by atoms with Gasteiger partial charge in [0.05, 0.1) is 5.41 Å². The maximum absolute atomic E-state index is 12.8. The van der Waals surface area contributed by atoms with E-state index in [1.54, 1.807) is 0 Å². The van der Waals surface area contributed by atoms with E-state index in [-0.39, 0.29) is 5.41 Å². The third-order valence-electron chi connectivity index (χ3n) is 5.72. The molecule has 3 aliphatic carbocycles. The Hall–Kier alpha value is -1.37. The van der Waals surface area contributed by atoms with Crippen molar-refractivity contribution in [3.8, 4) is 0 Å². The maximum atomic E-state index is 12.8. The van der Waals surface area contributed by atoms with E-state index in [1.807, 2.05) is 0 Å². The molecule has 0 radical (unpaired) electrons. The SMILES string of the molecule is CCCc1ccc2c(c1)C1(CC3=CCC1C3)C(=O)CC2. The van der Waals surface area contributed by atoms with Gasteiger partial charge in [-0.2, -0.15) is 0 Å². The first-order chi connectivity index (χ1) is 9.74. The topological polar surface area (TPSA) is 17.1 Å². The van der Waals surface area contributed by atoms with Crippen molar-refractivity contribution < 1.29 is 4.79 Å². The normalized spacial score (nSPS) is 30.8. The molecule has 0 aromatic heterocycles. The van der Waals surface area contributed by atoms with Crippen molar-refractivity contribution in [1.82, 2.24) is 0 Å². The van der Waals surface area contributed by atoms with Crippen LogP contribution in [0.2, 0.25) is 0 Å². The van der Waals surface area contributed by atoms with Gasteiger partial charge in [-0.3, -0.25) is 4.79 Å². The predicted molar refractivity (Wildman–Crippen MR) is 80.9 cm³/mol. The van der Waals surface area contributed by atoms with Gasteiger partial charge in [0.1, 0.15) is 5.78 Å². The summed E-state index contributed by atoms with van der Waals surface area (Å²) in [7, 11) is 0. The van der Waals surface area contributed by atoms with Crippen LogP contribution in [0.15, 0.2) is 29.8 Å². The summed E-state index contributed by atoms with van der Waals surface area (Å²) in [4.78, 5) is 12.8. The summed E-state index contributed by atoms with van der Waals surface area (Å²) in [5.41, 5.74) is 5.65. The van der Waals surface area contributed by atoms with Gasteiger partial charge in [0, 0.05) is 6.42 Å². The van der Waals surface area contributed by atoms with E-state index in [9.17, 15) is 4.79 Å². The van der Waals surface area contributed by atoms with E-state index in [1.165, 1.54) is 35.1 Å². The van der Waals surface area contributed by atoms with Crippen molar-refractivity contribution in [3.63, 3.8) is 0 Å². The number of fused-ring (bicyclic) bond motifs is 5. The molecule has 1 fully saturated rings. The third-order valence-corrected chi connectivity index (χ3v) is 5.72. The van der Waals surface area contributed by atoms with Crippen LogP contribution < -0.4 is 0 Å². The van der Waals surface area contributed by atoms with Crippen LogP contribution in [0.5, 0.6) is 0 Å². The lowest BCUT2D eigenvalue weighted by molar-refractivity contribution is -0.126. The minimum Gasteiger partial charge on any atom is -0.299 e. The average Bonchev–Trinajstić information content (AvgIpc) is 3.06. The molecule has 1 heteroatoms. The van der Waals surface area contributed by atoms with Crippen LogP contribution in [-0.4, -0.2) is 5.78 Å². The van der Waals surface area contributed by atoms with E-state index in [0.717, 1.165) is 32.1 Å². The molecule has 0 heterocycles. The van der Waals surface area contributed by atoms with Crippen molar-refractivity contribution >= 4 is 5.78 Å². The monoisotopic (exact) mass is 266 g/mol. The van der Waals surface area contributed by atoms with E-state index >= 15 is 0 Å². The van der Waals surface area contributed by atoms with E-state index in [0.29, 0.717) is 11.7 Å². The molecule has 2 bridgehead atoms. The summed E-state index contributed by atoms with van der Waals surface area (Å²) in [6.07, 6.45) is 9.70. The Morgan fingerprint density at radius 1 is 1.30 bits per heavy atom. The van der Waals surface area contributed by atoms with Crippen molar-refractivity contribution in [3.05, 3.63) is 46.5 Å². The number of Topliss-reactive ketones (excluding diaryl/α,β-unsaturated/α-hetero) is 1. The Kier molecular flexibility index (Phi) is 2.67. The number of allylic oxidation sites excluding steroid dienone is 2. The Morgan fingerprint density at radius 3 is 2.90 bits per heavy atom. The molecule has 20 heavy (non-hydrogen) atoms. The van der Waals surface area contributed by atoms with Gasteiger partial charge in [0.2, 0.25) is 0 Å². The van der Waals surface area contributed by atoms with E-state index in [4.69, 9.17) is 0 Å². The highest BCUT2D eigenvalue weighted by Gasteiger charge is 2.54. The first-order valence-corrected chi connectivity index (χ1v) is 8.07. The predicted octanol–water partition coefficient (Wildman–Crippen LogP) is 4.13. The average molecular weight is 266 g/mol. The molecule has 1 aromatic carbocycles. The number of benzene rings is 1. The van der Waals surface area contributed by atoms with Crippen LogP contribution in [0.25, 0.3) is 0 Å². The quantitative estimate of drug-likeness (QED) is 0.735. The van der Waals surface area contributed by atoms with Gasteiger partial charge >= 0.3 is 0 Å². The van der Waals surface area contributed by atoms with Gasteiger partial charge in [0.25, 0.3) is 0 Å². The zero-order valence-corrected chi connectivity index (χ0v) is 12.2. The van der Waals surface area contributed by atoms with Crippen LogP contribution in [0.3, 0.4) is 0 Å². The fourth-order valence-corrected chi connectivity index (χ4v) is 4.78. The number of rotatable bonds is 2. The van der Waals surface area contributed by atoms with Gasteiger partial charge in [0.15, 0.2) is 0 Å². The fraction of sp³-hybridized carbons (Fsp3) is 0.526. The lowest BCUT2D eigenvalue weighted by Gasteiger charge is -2.40. The molecule has 0 amide bonds. The highest BCUT2D eigenvalue weighted by molar-refractivity contribution is 5.94. The molecule has 1 spiro atoms. The second-order valence-electron chi connectivity index (χ2n) is 6.81. The standard InChI is InChI=1S/C19H22O/c1-2-3-13-4-6-15-7-9-18(20)19(17(15)11-13)12-14-5-8-16(19)10-14/h4-6,11,16H,2-3,7-10,12H2,1H3. The smallest absolute Gasteiger partial charge is 0.144 e. The van der Waals surface area contributed by atoms with Crippen LogP contribution in [0.4, 0.5) is 0 Å². The molecule has 4 rings (SSSR count). The second kappa shape index (κ2) is 4.31. The van der Waals surface area contributed by atoms with Crippen molar-refractivity contribution in [1.29, 1.82) is 0 Å². The molecule has 1 aromatic rings. The van der Waals surface area contributed by atoms with Crippen LogP contribution >= 0.6 is 0 Å². The Morgan fingerprint density at radius 2 is 2.20 bits per heavy atom. The molecule has 2 unspecified atom stereocenters. The number of aryl methyl sites for hydroxylation is 2. The summed E-state index contributed by atoms with van der Waals surface area (Å²) in [5, 5.41) is 0. The number of carbonyl (C=O) groups excluding carboxylic acids is 1. The summed E-state index contributed by atoms with van der Waals surface area (Å²) in [6, 6.07) is 6.95. The Labute approximate surface area is 121 Å². The van der Waals surface area contributed by atoms with Crippen molar-refractivity contribution in [2.45, 2.75) is 57.3 Å². The van der Waals surface area contributed by atoms with Gasteiger partial charge in [-0.25, -0.2) is 0 Å². The zero-order chi connectivity index (χ0) is 13.7. The lowest BCUT2D eigenvalue weighted by atomic mass is 9.61. The first-order valence-electron chi connectivity index (χ1n) is 8.07. The minimum atomic E-state index is -0.137. The molecule has 0 N–H and O–H groups in total.